The fourth-order valence-corrected chi connectivity index (χ4v) is 7.20. The van der Waals surface area contributed by atoms with Gasteiger partial charge in [-0.1, -0.05) is 43.6 Å². The maximum atomic E-state index is 17.1. The minimum absolute atomic E-state index is 0.0452. The van der Waals surface area contributed by atoms with Crippen molar-refractivity contribution in [1.82, 2.24) is 19.4 Å². The first-order valence-corrected chi connectivity index (χ1v) is 15.6. The van der Waals surface area contributed by atoms with E-state index in [1.807, 2.05) is 32.6 Å². The van der Waals surface area contributed by atoms with Crippen molar-refractivity contribution < 1.29 is 13.6 Å². The van der Waals surface area contributed by atoms with Gasteiger partial charge in [-0.25, -0.2) is 13.6 Å². The van der Waals surface area contributed by atoms with Gasteiger partial charge in [0.25, 0.3) is 0 Å². The molecule has 4 aromatic rings. The summed E-state index contributed by atoms with van der Waals surface area (Å²) in [5.41, 5.74) is 7.17. The summed E-state index contributed by atoms with van der Waals surface area (Å²) in [6.07, 6.45) is 2.93. The van der Waals surface area contributed by atoms with E-state index in [0.717, 1.165) is 5.56 Å². The molecule has 4 heterocycles. The number of nitrogens with zero attached hydrogens (tertiary/aromatic N) is 6. The molecule has 13 heteroatoms. The largest absolute Gasteiger partial charge is 0.397 e. The number of nitrogen functional groups attached to an aromatic ring is 1. The third-order valence-corrected chi connectivity index (χ3v) is 9.50. The van der Waals surface area contributed by atoms with Crippen LogP contribution in [0.25, 0.3) is 27.7 Å². The van der Waals surface area contributed by atoms with Crippen molar-refractivity contribution in [1.29, 1.82) is 0 Å². The predicted octanol–water partition coefficient (Wildman–Crippen LogP) is 6.09. The molecule has 2 unspecified atom stereocenters. The summed E-state index contributed by atoms with van der Waals surface area (Å²) >= 11 is 12.5. The topological polar surface area (TPSA) is 101 Å². The number of amides is 1. The van der Waals surface area contributed by atoms with Gasteiger partial charge >= 0.3 is 5.69 Å². The molecule has 1 fully saturated rings. The monoisotopic (exact) mass is 667 g/mol. The zero-order chi connectivity index (χ0) is 33.4. The van der Waals surface area contributed by atoms with Crippen LogP contribution in [0.4, 0.5) is 26.0 Å². The molecule has 0 saturated carbocycles. The number of hydrogen-bond acceptors (Lipinski definition) is 7. The van der Waals surface area contributed by atoms with E-state index in [1.54, 1.807) is 29.1 Å². The summed E-state index contributed by atoms with van der Waals surface area (Å²) in [7, 11) is 1.71. The molecule has 2 aliphatic heterocycles. The van der Waals surface area contributed by atoms with Crippen LogP contribution in [0.5, 0.6) is 0 Å². The van der Waals surface area contributed by atoms with Crippen LogP contribution in [0.2, 0.25) is 10.0 Å². The standard InChI is InChI=1S/C33H33Cl2F2N7O2/c1-7-23(45)42-14-18-13-41(6)31-25-22(10-19(26(31)36)24-27(37)20(34)11-21(35)28(24)38)44(30-16(4)8-9-39-29(30)15(2)3)33(46)40-32(25)43(18)12-17(42)5/h7-11,15,17-18H,1,12-14,38H2,2-6H3. The number of anilines is 3. The van der Waals surface area contributed by atoms with E-state index in [1.165, 1.54) is 22.8 Å². The van der Waals surface area contributed by atoms with Crippen LogP contribution in [0.3, 0.4) is 0 Å². The highest BCUT2D eigenvalue weighted by molar-refractivity contribution is 6.37. The molecule has 0 aliphatic carbocycles. The Hall–Kier alpha value is -4.22. The molecule has 0 spiro atoms. The molecular formula is C33H33Cl2F2N7O2. The van der Waals surface area contributed by atoms with Crippen LogP contribution in [0, 0.1) is 18.6 Å². The molecule has 1 amide bonds. The van der Waals surface area contributed by atoms with Crippen molar-refractivity contribution in [3.63, 3.8) is 0 Å². The Morgan fingerprint density at radius 3 is 2.52 bits per heavy atom. The number of likely N-dealkylation sites (N-methyl/N-ethyl adjacent to an activating group) is 1. The Kier molecular flexibility index (Phi) is 7.97. The molecule has 240 valence electrons. The van der Waals surface area contributed by atoms with Gasteiger partial charge in [0.2, 0.25) is 5.91 Å². The molecule has 2 aliphatic rings. The third kappa shape index (κ3) is 4.79. The molecule has 9 nitrogen and oxygen atoms in total. The molecule has 2 aromatic heterocycles. The molecule has 0 radical (unpaired) electrons. The van der Waals surface area contributed by atoms with Crippen molar-refractivity contribution in [3.05, 3.63) is 80.5 Å². The van der Waals surface area contributed by atoms with Crippen molar-refractivity contribution in [2.75, 3.05) is 42.2 Å². The second-order valence-corrected chi connectivity index (χ2v) is 13.0. The Labute approximate surface area is 274 Å². The lowest BCUT2D eigenvalue weighted by Gasteiger charge is -2.45. The van der Waals surface area contributed by atoms with E-state index in [4.69, 9.17) is 28.9 Å². The lowest BCUT2D eigenvalue weighted by molar-refractivity contribution is -0.128. The van der Waals surface area contributed by atoms with E-state index in [0.29, 0.717) is 23.3 Å². The number of hydrogen-bond donors (Lipinski definition) is 1. The number of rotatable bonds is 4. The lowest BCUT2D eigenvalue weighted by Crippen LogP contribution is -2.61. The van der Waals surface area contributed by atoms with Gasteiger partial charge in [0.1, 0.15) is 5.82 Å². The van der Waals surface area contributed by atoms with Gasteiger partial charge in [0, 0.05) is 50.0 Å². The average Bonchev–Trinajstić information content (AvgIpc) is 3.12. The maximum Gasteiger partial charge on any atom is 0.354 e. The summed E-state index contributed by atoms with van der Waals surface area (Å²) in [6, 6.07) is 3.74. The highest BCUT2D eigenvalue weighted by Gasteiger charge is 2.40. The zero-order valence-electron chi connectivity index (χ0n) is 26.0. The number of carbonyl (C=O) groups is 1. The van der Waals surface area contributed by atoms with Gasteiger partial charge in [0.15, 0.2) is 11.6 Å². The molecule has 6 rings (SSSR count). The van der Waals surface area contributed by atoms with Crippen LogP contribution in [0.1, 0.15) is 37.9 Å². The zero-order valence-corrected chi connectivity index (χ0v) is 27.5. The van der Waals surface area contributed by atoms with Gasteiger partial charge < -0.3 is 20.4 Å². The number of halogens is 4. The molecule has 1 saturated heterocycles. The van der Waals surface area contributed by atoms with Crippen molar-refractivity contribution >= 4 is 57.2 Å². The quantitative estimate of drug-likeness (QED) is 0.160. The first-order valence-electron chi connectivity index (χ1n) is 14.9. The van der Waals surface area contributed by atoms with Crippen LogP contribution >= 0.6 is 23.2 Å². The van der Waals surface area contributed by atoms with Crippen LogP contribution in [-0.2, 0) is 4.79 Å². The number of fused-ring (bicyclic) bond motifs is 2. The summed E-state index contributed by atoms with van der Waals surface area (Å²) in [6.45, 7) is 12.2. The molecular weight excluding hydrogens is 635 g/mol. The first-order chi connectivity index (χ1) is 21.8. The fourth-order valence-electron chi connectivity index (χ4n) is 6.73. The Morgan fingerprint density at radius 2 is 1.85 bits per heavy atom. The van der Waals surface area contributed by atoms with Gasteiger partial charge in [0.05, 0.1) is 49.7 Å². The second kappa shape index (κ2) is 11.5. The summed E-state index contributed by atoms with van der Waals surface area (Å²) in [5, 5.41) is -0.0214. The number of nitrogens with two attached hydrogens (primary N) is 1. The van der Waals surface area contributed by atoms with E-state index in [2.05, 4.69) is 16.5 Å². The molecule has 2 atom stereocenters. The molecule has 46 heavy (non-hydrogen) atoms. The van der Waals surface area contributed by atoms with E-state index in [-0.39, 0.29) is 80.9 Å². The SMILES string of the molecule is C=CC(=O)N1CC2CN(C)c3c(F)c(-c4c(N)c(Cl)cc(Cl)c4F)cc4c3c(nc(=O)n4-c3c(C)ccnc3C(C)C)N2CC1C. The minimum atomic E-state index is -0.946. The van der Waals surface area contributed by atoms with E-state index in [9.17, 15) is 9.59 Å². The molecule has 2 aromatic carbocycles. The number of aryl methyl sites for hydroxylation is 1. The molecule has 0 bridgehead atoms. The maximum absolute atomic E-state index is 17.1. The predicted molar refractivity (Wildman–Crippen MR) is 180 cm³/mol. The third-order valence-electron chi connectivity index (χ3n) is 8.92. The number of benzene rings is 2. The Balaban J connectivity index is 1.78. The normalized spacial score (nSPS) is 17.8. The van der Waals surface area contributed by atoms with E-state index < -0.39 is 17.3 Å². The van der Waals surface area contributed by atoms with E-state index >= 15 is 8.78 Å². The van der Waals surface area contributed by atoms with Crippen molar-refractivity contribution in [2.24, 2.45) is 0 Å². The molecule has 2 N–H and O–H groups in total. The highest BCUT2D eigenvalue weighted by Crippen LogP contribution is 2.47. The highest BCUT2D eigenvalue weighted by atomic mass is 35.5. The van der Waals surface area contributed by atoms with Gasteiger partial charge in [-0.3, -0.25) is 14.3 Å². The minimum Gasteiger partial charge on any atom is -0.397 e. The first kappa shape index (κ1) is 31.7. The summed E-state index contributed by atoms with van der Waals surface area (Å²) in [4.78, 5) is 41.6. The summed E-state index contributed by atoms with van der Waals surface area (Å²) in [5.74, 6) is -1.77. The smallest absolute Gasteiger partial charge is 0.354 e. The second-order valence-electron chi connectivity index (χ2n) is 12.2. The number of pyridine rings is 1. The Bertz CT molecular complexity index is 1990. The van der Waals surface area contributed by atoms with Crippen molar-refractivity contribution in [3.8, 4) is 16.8 Å². The number of aromatic nitrogens is 3. The Morgan fingerprint density at radius 1 is 1.13 bits per heavy atom. The van der Waals surface area contributed by atoms with Gasteiger partial charge in [-0.15, -0.1) is 0 Å². The van der Waals surface area contributed by atoms with Crippen LogP contribution < -0.4 is 21.2 Å². The van der Waals surface area contributed by atoms with Crippen LogP contribution in [0.15, 0.2) is 41.8 Å². The lowest BCUT2D eigenvalue weighted by atomic mass is 9.97. The average molecular weight is 669 g/mol. The van der Waals surface area contributed by atoms with Gasteiger partial charge in [-0.2, -0.15) is 4.98 Å². The summed E-state index contributed by atoms with van der Waals surface area (Å²) < 4.78 is 34.3. The number of piperazine rings is 1. The number of carbonyl (C=O) groups excluding carboxylic acids is 1. The van der Waals surface area contributed by atoms with Crippen LogP contribution in [-0.4, -0.2) is 64.1 Å². The van der Waals surface area contributed by atoms with Crippen molar-refractivity contribution in [2.45, 2.75) is 45.7 Å². The fraction of sp³-hybridized carbons (Fsp3) is 0.333. The van der Waals surface area contributed by atoms with Gasteiger partial charge in [-0.05, 0) is 49.6 Å².